The minimum Gasteiger partial charge on any atom is -0.372 e. The van der Waals surface area contributed by atoms with Crippen molar-refractivity contribution in [1.82, 2.24) is 10.2 Å². The van der Waals surface area contributed by atoms with Crippen molar-refractivity contribution in [2.24, 2.45) is 5.41 Å². The van der Waals surface area contributed by atoms with Crippen molar-refractivity contribution in [3.63, 3.8) is 0 Å². The van der Waals surface area contributed by atoms with Gasteiger partial charge in [-0.2, -0.15) is 0 Å². The Balaban J connectivity index is 1.78. The predicted octanol–water partition coefficient (Wildman–Crippen LogP) is 4.24. The molecule has 1 aromatic carbocycles. The van der Waals surface area contributed by atoms with Crippen LogP contribution in [-0.2, 0) is 9.53 Å². The molecule has 5 nitrogen and oxygen atoms in total. The average molecular weight is 404 g/mol. The number of nitrogens with zero attached hydrogens (tertiary/aromatic N) is 2. The summed E-state index contributed by atoms with van der Waals surface area (Å²) in [5.41, 5.74) is 2.86. The lowest BCUT2D eigenvalue weighted by molar-refractivity contribution is -0.136. The molecule has 1 unspecified atom stereocenters. The maximum absolute atomic E-state index is 12.4. The van der Waals surface area contributed by atoms with Crippen LogP contribution in [0.2, 0.25) is 0 Å². The fourth-order valence-electron chi connectivity index (χ4n) is 3.55. The van der Waals surface area contributed by atoms with Crippen molar-refractivity contribution in [2.45, 2.75) is 66.5 Å². The third-order valence-electron chi connectivity index (χ3n) is 5.26. The summed E-state index contributed by atoms with van der Waals surface area (Å²) < 4.78 is 5.60. The van der Waals surface area contributed by atoms with Crippen LogP contribution in [0.25, 0.3) is 0 Å². The molecule has 2 rings (SSSR count). The van der Waals surface area contributed by atoms with E-state index in [1.807, 2.05) is 4.90 Å². The van der Waals surface area contributed by atoms with E-state index in [1.54, 1.807) is 0 Å². The van der Waals surface area contributed by atoms with Gasteiger partial charge in [-0.15, -0.1) is 0 Å². The summed E-state index contributed by atoms with van der Waals surface area (Å²) in [7, 11) is 0. The maximum atomic E-state index is 12.4. The van der Waals surface area contributed by atoms with Crippen molar-refractivity contribution in [2.75, 3.05) is 44.3 Å². The molecule has 29 heavy (non-hydrogen) atoms. The number of nitrogens with one attached hydrogen (secondary N) is 1. The SMILES string of the molecule is CC(NC(C)(C)C)c1ccc(N2CCN(C(=O)COCCC(C)(C)C)CC2)cc1. The smallest absolute Gasteiger partial charge is 0.248 e. The number of carbonyl (C=O) groups excluding carboxylic acids is 1. The van der Waals surface area contributed by atoms with Gasteiger partial charge in [0.2, 0.25) is 5.91 Å². The Morgan fingerprint density at radius 3 is 2.14 bits per heavy atom. The summed E-state index contributed by atoms with van der Waals surface area (Å²) in [6, 6.07) is 9.13. The largest absolute Gasteiger partial charge is 0.372 e. The van der Waals surface area contributed by atoms with Crippen LogP contribution >= 0.6 is 0 Å². The van der Waals surface area contributed by atoms with E-state index in [0.717, 1.165) is 32.6 Å². The summed E-state index contributed by atoms with van der Waals surface area (Å²) in [5.74, 6) is 0.107. The molecule has 0 bridgehead atoms. The first kappa shape index (κ1) is 23.7. The molecule has 0 aliphatic carbocycles. The summed E-state index contributed by atoms with van der Waals surface area (Å²) in [6.07, 6.45) is 0.966. The van der Waals surface area contributed by atoms with Gasteiger partial charge in [-0.3, -0.25) is 4.79 Å². The third-order valence-corrected chi connectivity index (χ3v) is 5.26. The Hall–Kier alpha value is -1.59. The first-order chi connectivity index (χ1) is 13.4. The molecule has 0 radical (unpaired) electrons. The molecule has 1 amide bonds. The van der Waals surface area contributed by atoms with E-state index in [1.165, 1.54) is 11.3 Å². The van der Waals surface area contributed by atoms with Gasteiger partial charge in [-0.25, -0.2) is 0 Å². The zero-order valence-electron chi connectivity index (χ0n) is 19.5. The molecule has 1 saturated heterocycles. The molecule has 1 N–H and O–H groups in total. The normalized spacial score (nSPS) is 16.8. The topological polar surface area (TPSA) is 44.8 Å². The fourth-order valence-corrected chi connectivity index (χ4v) is 3.55. The summed E-state index contributed by atoms with van der Waals surface area (Å²) in [6.45, 7) is 19.4. The zero-order valence-corrected chi connectivity index (χ0v) is 19.5. The van der Waals surface area contributed by atoms with Gasteiger partial charge in [0.05, 0.1) is 0 Å². The van der Waals surface area contributed by atoms with Gasteiger partial charge in [0.15, 0.2) is 0 Å². The van der Waals surface area contributed by atoms with Crippen molar-refractivity contribution >= 4 is 11.6 Å². The van der Waals surface area contributed by atoms with E-state index in [-0.39, 0.29) is 23.5 Å². The van der Waals surface area contributed by atoms with E-state index in [0.29, 0.717) is 12.6 Å². The third kappa shape index (κ3) is 8.35. The van der Waals surface area contributed by atoms with Gasteiger partial charge in [-0.05, 0) is 57.2 Å². The van der Waals surface area contributed by atoms with Gasteiger partial charge in [0, 0.05) is 50.1 Å². The monoisotopic (exact) mass is 403 g/mol. The van der Waals surface area contributed by atoms with Crippen LogP contribution in [0.15, 0.2) is 24.3 Å². The molecule has 0 aromatic heterocycles. The molecular weight excluding hydrogens is 362 g/mol. The standard InChI is InChI=1S/C24H41N3O2/c1-19(25-24(5,6)7)20-8-10-21(11-9-20)26-13-15-27(16-14-26)22(28)18-29-17-12-23(2,3)4/h8-11,19,25H,12-18H2,1-7H3. The zero-order chi connectivity index (χ0) is 21.7. The second-order valence-electron chi connectivity index (χ2n) is 10.4. The van der Waals surface area contributed by atoms with Crippen molar-refractivity contribution in [1.29, 1.82) is 0 Å². The first-order valence-electron chi connectivity index (χ1n) is 10.9. The Morgan fingerprint density at radius 1 is 1.03 bits per heavy atom. The molecule has 1 aliphatic rings. The van der Waals surface area contributed by atoms with Crippen LogP contribution in [0, 0.1) is 5.41 Å². The Bertz CT molecular complexity index is 636. The Labute approximate surface area is 177 Å². The number of rotatable bonds is 7. The van der Waals surface area contributed by atoms with E-state index < -0.39 is 0 Å². The van der Waals surface area contributed by atoms with Crippen LogP contribution in [0.5, 0.6) is 0 Å². The summed E-state index contributed by atoms with van der Waals surface area (Å²) in [4.78, 5) is 16.7. The van der Waals surface area contributed by atoms with Crippen LogP contribution in [-0.4, -0.2) is 55.7 Å². The van der Waals surface area contributed by atoms with Crippen LogP contribution < -0.4 is 10.2 Å². The van der Waals surface area contributed by atoms with Gasteiger partial charge < -0.3 is 19.9 Å². The molecule has 1 aromatic rings. The molecule has 164 valence electrons. The summed E-state index contributed by atoms with van der Waals surface area (Å²) >= 11 is 0. The number of amides is 1. The Morgan fingerprint density at radius 2 is 1.62 bits per heavy atom. The molecule has 1 fully saturated rings. The van der Waals surface area contributed by atoms with E-state index in [4.69, 9.17) is 4.74 Å². The van der Waals surface area contributed by atoms with Gasteiger partial charge in [0.1, 0.15) is 6.61 Å². The minimum absolute atomic E-state index is 0.0947. The lowest BCUT2D eigenvalue weighted by Crippen LogP contribution is -2.49. The molecule has 5 heteroatoms. The fraction of sp³-hybridized carbons (Fsp3) is 0.708. The lowest BCUT2D eigenvalue weighted by atomic mass is 9.93. The minimum atomic E-state index is 0.0947. The van der Waals surface area contributed by atoms with E-state index in [2.05, 4.69) is 82.9 Å². The predicted molar refractivity (Wildman–Crippen MR) is 121 cm³/mol. The number of anilines is 1. The second kappa shape index (κ2) is 9.94. The molecule has 1 aliphatic heterocycles. The number of benzene rings is 1. The molecule has 1 heterocycles. The van der Waals surface area contributed by atoms with Crippen LogP contribution in [0.3, 0.4) is 0 Å². The Kier molecular flexibility index (Phi) is 8.12. The molecule has 0 spiro atoms. The average Bonchev–Trinajstić information content (AvgIpc) is 2.63. The number of hydrogen-bond acceptors (Lipinski definition) is 4. The highest BCUT2D eigenvalue weighted by atomic mass is 16.5. The quantitative estimate of drug-likeness (QED) is 0.692. The second-order valence-corrected chi connectivity index (χ2v) is 10.4. The van der Waals surface area contributed by atoms with E-state index >= 15 is 0 Å². The van der Waals surface area contributed by atoms with Gasteiger partial charge >= 0.3 is 0 Å². The molecular formula is C24H41N3O2. The number of ether oxygens (including phenoxy) is 1. The number of hydrogen-bond donors (Lipinski definition) is 1. The van der Waals surface area contributed by atoms with Crippen molar-refractivity contribution < 1.29 is 9.53 Å². The highest BCUT2D eigenvalue weighted by Gasteiger charge is 2.22. The first-order valence-corrected chi connectivity index (χ1v) is 10.9. The lowest BCUT2D eigenvalue weighted by Gasteiger charge is -2.36. The van der Waals surface area contributed by atoms with Gasteiger partial charge in [-0.1, -0.05) is 32.9 Å². The highest BCUT2D eigenvalue weighted by Crippen LogP contribution is 2.22. The molecule has 0 saturated carbocycles. The molecule has 1 atom stereocenters. The van der Waals surface area contributed by atoms with E-state index in [9.17, 15) is 4.79 Å². The summed E-state index contributed by atoms with van der Waals surface area (Å²) in [5, 5.41) is 3.61. The van der Waals surface area contributed by atoms with Crippen LogP contribution in [0.1, 0.15) is 66.5 Å². The highest BCUT2D eigenvalue weighted by molar-refractivity contribution is 5.77. The van der Waals surface area contributed by atoms with Crippen LogP contribution in [0.4, 0.5) is 5.69 Å². The van der Waals surface area contributed by atoms with Crippen molar-refractivity contribution in [3.05, 3.63) is 29.8 Å². The van der Waals surface area contributed by atoms with Gasteiger partial charge in [0.25, 0.3) is 0 Å². The van der Waals surface area contributed by atoms with Crippen molar-refractivity contribution in [3.8, 4) is 0 Å². The number of piperazine rings is 1. The number of carbonyl (C=O) groups is 1. The maximum Gasteiger partial charge on any atom is 0.248 e.